The van der Waals surface area contributed by atoms with Gasteiger partial charge < -0.3 is 0 Å². The van der Waals surface area contributed by atoms with Crippen LogP contribution >= 0.6 is 0 Å². The maximum Gasteiger partial charge on any atom is 0.129 e. The third kappa shape index (κ3) is 6.22. The largest absolute Gasteiger partial charge is 0.206 e. The molecule has 0 unspecified atom stereocenters. The second kappa shape index (κ2) is 10.00. The molecular weight excluding hydrogens is 235 g/mol. The lowest BCUT2D eigenvalue weighted by Crippen LogP contribution is -1.97. The average molecular weight is 264 g/mol. The van der Waals surface area contributed by atoms with Crippen molar-refractivity contribution in [2.75, 3.05) is 0 Å². The van der Waals surface area contributed by atoms with Gasteiger partial charge in [0.25, 0.3) is 0 Å². The van der Waals surface area contributed by atoms with Crippen LogP contribution in [-0.4, -0.2) is 0 Å². The van der Waals surface area contributed by atoms with Crippen LogP contribution in [0.3, 0.4) is 0 Å². The van der Waals surface area contributed by atoms with Gasteiger partial charge in [0.1, 0.15) is 5.82 Å². The normalized spacial score (nSPS) is 10.9. The number of halogens is 1. The average Bonchev–Trinajstić information content (AvgIpc) is 2.43. The Labute approximate surface area is 118 Å². The molecule has 1 heteroatoms. The Kier molecular flexibility index (Phi) is 8.53. The van der Waals surface area contributed by atoms with Crippen molar-refractivity contribution in [3.05, 3.63) is 35.1 Å². The minimum atomic E-state index is 0.0653. The SMILES string of the molecule is CCCCCCc1cccc(CCCCCC)c1F. The Bertz CT molecular complexity index is 313. The van der Waals surface area contributed by atoms with Crippen LogP contribution in [0.1, 0.15) is 76.3 Å². The first-order valence-corrected chi connectivity index (χ1v) is 8.05. The van der Waals surface area contributed by atoms with Crippen LogP contribution in [0.4, 0.5) is 4.39 Å². The first-order chi connectivity index (χ1) is 9.29. The van der Waals surface area contributed by atoms with Gasteiger partial charge in [0, 0.05) is 0 Å². The van der Waals surface area contributed by atoms with Gasteiger partial charge in [0.05, 0.1) is 0 Å². The van der Waals surface area contributed by atoms with Crippen molar-refractivity contribution >= 4 is 0 Å². The molecule has 0 radical (unpaired) electrons. The molecule has 19 heavy (non-hydrogen) atoms. The molecule has 0 aromatic heterocycles. The van der Waals surface area contributed by atoms with Gasteiger partial charge in [-0.25, -0.2) is 4.39 Å². The molecule has 0 aliphatic rings. The highest BCUT2D eigenvalue weighted by atomic mass is 19.1. The molecule has 0 saturated heterocycles. The van der Waals surface area contributed by atoms with Crippen LogP contribution in [0.5, 0.6) is 0 Å². The fourth-order valence-corrected chi connectivity index (χ4v) is 2.50. The van der Waals surface area contributed by atoms with Gasteiger partial charge in [-0.1, -0.05) is 70.6 Å². The van der Waals surface area contributed by atoms with Crippen molar-refractivity contribution in [2.45, 2.75) is 78.1 Å². The molecular formula is C18H29F. The lowest BCUT2D eigenvalue weighted by molar-refractivity contribution is 0.570. The van der Waals surface area contributed by atoms with Crippen LogP contribution < -0.4 is 0 Å². The molecule has 0 N–H and O–H groups in total. The Morgan fingerprint density at radius 2 is 1.21 bits per heavy atom. The van der Waals surface area contributed by atoms with Gasteiger partial charge in [0.2, 0.25) is 0 Å². The van der Waals surface area contributed by atoms with Crippen molar-refractivity contribution in [3.8, 4) is 0 Å². The summed E-state index contributed by atoms with van der Waals surface area (Å²) in [6, 6.07) is 5.93. The van der Waals surface area contributed by atoms with E-state index in [9.17, 15) is 4.39 Å². The third-order valence-electron chi connectivity index (χ3n) is 3.76. The summed E-state index contributed by atoms with van der Waals surface area (Å²) in [6.45, 7) is 4.41. The summed E-state index contributed by atoms with van der Waals surface area (Å²) in [4.78, 5) is 0. The predicted molar refractivity (Wildman–Crippen MR) is 82.1 cm³/mol. The molecule has 1 aromatic carbocycles. The number of hydrogen-bond acceptors (Lipinski definition) is 0. The highest BCUT2D eigenvalue weighted by Crippen LogP contribution is 2.18. The molecule has 0 aliphatic heterocycles. The van der Waals surface area contributed by atoms with Crippen LogP contribution in [0.15, 0.2) is 18.2 Å². The predicted octanol–water partition coefficient (Wildman–Crippen LogP) is 6.07. The summed E-state index contributed by atoms with van der Waals surface area (Å²) in [6.07, 6.45) is 11.5. The van der Waals surface area contributed by atoms with Crippen LogP contribution in [0, 0.1) is 5.82 Å². The van der Waals surface area contributed by atoms with Gasteiger partial charge >= 0.3 is 0 Å². The highest BCUT2D eigenvalue weighted by Gasteiger charge is 2.07. The van der Waals surface area contributed by atoms with Gasteiger partial charge in [-0.2, -0.15) is 0 Å². The summed E-state index contributed by atoms with van der Waals surface area (Å²) < 4.78 is 14.3. The maximum atomic E-state index is 14.3. The zero-order chi connectivity index (χ0) is 13.9. The van der Waals surface area contributed by atoms with E-state index in [2.05, 4.69) is 13.8 Å². The van der Waals surface area contributed by atoms with E-state index in [-0.39, 0.29) is 5.82 Å². The molecule has 108 valence electrons. The number of hydrogen-bond donors (Lipinski definition) is 0. The Balaban J connectivity index is 2.44. The lowest BCUT2D eigenvalue weighted by Gasteiger charge is -2.08. The van der Waals surface area contributed by atoms with E-state index >= 15 is 0 Å². The van der Waals surface area contributed by atoms with E-state index in [4.69, 9.17) is 0 Å². The van der Waals surface area contributed by atoms with E-state index in [0.717, 1.165) is 36.8 Å². The Morgan fingerprint density at radius 3 is 1.63 bits per heavy atom. The maximum absolute atomic E-state index is 14.3. The molecule has 0 heterocycles. The number of benzene rings is 1. The third-order valence-corrected chi connectivity index (χ3v) is 3.76. The van der Waals surface area contributed by atoms with Crippen LogP contribution in [0.2, 0.25) is 0 Å². The number of unbranched alkanes of at least 4 members (excludes halogenated alkanes) is 6. The Morgan fingerprint density at radius 1 is 0.737 bits per heavy atom. The summed E-state index contributed by atoms with van der Waals surface area (Å²) in [5, 5.41) is 0. The summed E-state index contributed by atoms with van der Waals surface area (Å²) in [5.74, 6) is 0.0653. The van der Waals surface area contributed by atoms with Crippen LogP contribution in [-0.2, 0) is 12.8 Å². The second-order valence-electron chi connectivity index (χ2n) is 5.51. The quantitative estimate of drug-likeness (QED) is 0.450. The molecule has 1 rings (SSSR count). The molecule has 0 atom stereocenters. The molecule has 0 aliphatic carbocycles. The fraction of sp³-hybridized carbons (Fsp3) is 0.667. The van der Waals surface area contributed by atoms with E-state index in [1.807, 2.05) is 18.2 Å². The molecule has 1 aromatic rings. The fourth-order valence-electron chi connectivity index (χ4n) is 2.50. The second-order valence-corrected chi connectivity index (χ2v) is 5.51. The first-order valence-electron chi connectivity index (χ1n) is 8.05. The van der Waals surface area contributed by atoms with Crippen LogP contribution in [0.25, 0.3) is 0 Å². The van der Waals surface area contributed by atoms with E-state index in [0.29, 0.717) is 0 Å². The molecule has 0 spiro atoms. The van der Waals surface area contributed by atoms with E-state index < -0.39 is 0 Å². The van der Waals surface area contributed by atoms with E-state index in [1.165, 1.54) is 38.5 Å². The van der Waals surface area contributed by atoms with Gasteiger partial charge in [0.15, 0.2) is 0 Å². The van der Waals surface area contributed by atoms with Crippen molar-refractivity contribution < 1.29 is 4.39 Å². The smallest absolute Gasteiger partial charge is 0.129 e. The number of aryl methyl sites for hydroxylation is 2. The molecule has 0 nitrogen and oxygen atoms in total. The van der Waals surface area contributed by atoms with Gasteiger partial charge in [-0.3, -0.25) is 0 Å². The van der Waals surface area contributed by atoms with Crippen molar-refractivity contribution in [2.24, 2.45) is 0 Å². The highest BCUT2D eigenvalue weighted by molar-refractivity contribution is 5.26. The Hall–Kier alpha value is -0.850. The van der Waals surface area contributed by atoms with Crippen molar-refractivity contribution in [3.63, 3.8) is 0 Å². The summed E-state index contributed by atoms with van der Waals surface area (Å²) in [5.41, 5.74) is 1.84. The van der Waals surface area contributed by atoms with Gasteiger partial charge in [-0.05, 0) is 36.8 Å². The topological polar surface area (TPSA) is 0 Å². The molecule has 0 amide bonds. The van der Waals surface area contributed by atoms with Gasteiger partial charge in [-0.15, -0.1) is 0 Å². The zero-order valence-corrected chi connectivity index (χ0v) is 12.7. The minimum Gasteiger partial charge on any atom is -0.206 e. The molecule has 0 fully saturated rings. The van der Waals surface area contributed by atoms with E-state index in [1.54, 1.807) is 0 Å². The minimum absolute atomic E-state index is 0.0653. The lowest BCUT2D eigenvalue weighted by atomic mass is 9.99. The summed E-state index contributed by atoms with van der Waals surface area (Å²) >= 11 is 0. The van der Waals surface area contributed by atoms with Crippen molar-refractivity contribution in [1.82, 2.24) is 0 Å². The summed E-state index contributed by atoms with van der Waals surface area (Å²) in [7, 11) is 0. The molecule has 0 bridgehead atoms. The first kappa shape index (κ1) is 16.2. The molecule has 0 saturated carbocycles. The monoisotopic (exact) mass is 264 g/mol. The zero-order valence-electron chi connectivity index (χ0n) is 12.7. The standard InChI is InChI=1S/C18H29F/c1-3-5-7-9-12-16-14-11-15-17(18(16)19)13-10-8-6-4-2/h11,14-15H,3-10,12-13H2,1-2H3. The van der Waals surface area contributed by atoms with Crippen molar-refractivity contribution in [1.29, 1.82) is 0 Å². The number of rotatable bonds is 10.